The van der Waals surface area contributed by atoms with Crippen LogP contribution in [0.4, 0.5) is 0 Å². The van der Waals surface area contributed by atoms with Crippen LogP contribution in [0.1, 0.15) is 29.6 Å². The molecule has 6 heteroatoms. The summed E-state index contributed by atoms with van der Waals surface area (Å²) in [4.78, 5) is 24.7. The van der Waals surface area contributed by atoms with E-state index in [1.54, 1.807) is 0 Å². The van der Waals surface area contributed by atoms with Gasteiger partial charge in [-0.25, -0.2) is 4.79 Å². The van der Waals surface area contributed by atoms with Gasteiger partial charge in [-0.05, 0) is 37.5 Å². The molecule has 0 aromatic heterocycles. The highest BCUT2D eigenvalue weighted by atomic mass is 16.4. The maximum atomic E-state index is 12.3. The van der Waals surface area contributed by atoms with E-state index in [1.165, 1.54) is 17.0 Å². The predicted octanol–water partition coefficient (Wildman–Crippen LogP) is 1.18. The summed E-state index contributed by atoms with van der Waals surface area (Å²) in [6.45, 7) is 0.338. The first-order chi connectivity index (χ1) is 9.00. The van der Waals surface area contributed by atoms with Crippen LogP contribution in [0, 0.1) is 0 Å². The van der Waals surface area contributed by atoms with Crippen LogP contribution in [-0.4, -0.2) is 44.7 Å². The molecule has 1 aliphatic rings. The van der Waals surface area contributed by atoms with Crippen LogP contribution in [0.3, 0.4) is 0 Å². The Labute approximate surface area is 109 Å². The van der Waals surface area contributed by atoms with Crippen molar-refractivity contribution in [2.75, 3.05) is 6.54 Å². The molecule has 3 N–H and O–H groups in total. The van der Waals surface area contributed by atoms with Gasteiger partial charge in [0.05, 0.1) is 5.56 Å². The van der Waals surface area contributed by atoms with E-state index in [9.17, 15) is 19.8 Å². The largest absolute Gasteiger partial charge is 0.508 e. The zero-order valence-corrected chi connectivity index (χ0v) is 10.2. The molecular weight excluding hydrogens is 250 g/mol. The Morgan fingerprint density at radius 2 is 1.95 bits per heavy atom. The minimum atomic E-state index is -1.05. The van der Waals surface area contributed by atoms with Crippen molar-refractivity contribution >= 4 is 11.9 Å². The number of aliphatic carboxylic acids is 1. The zero-order chi connectivity index (χ0) is 14.0. The van der Waals surface area contributed by atoms with Crippen LogP contribution >= 0.6 is 0 Å². The second-order valence-electron chi connectivity index (χ2n) is 4.55. The van der Waals surface area contributed by atoms with E-state index >= 15 is 0 Å². The van der Waals surface area contributed by atoms with Crippen molar-refractivity contribution in [2.24, 2.45) is 0 Å². The quantitative estimate of drug-likeness (QED) is 0.697. The van der Waals surface area contributed by atoms with Gasteiger partial charge in [-0.2, -0.15) is 0 Å². The fourth-order valence-electron chi connectivity index (χ4n) is 2.28. The van der Waals surface area contributed by atoms with Gasteiger partial charge in [0.15, 0.2) is 0 Å². The monoisotopic (exact) mass is 265 g/mol. The van der Waals surface area contributed by atoms with Gasteiger partial charge in [0.2, 0.25) is 0 Å². The minimum Gasteiger partial charge on any atom is -0.508 e. The molecule has 0 aliphatic carbocycles. The van der Waals surface area contributed by atoms with Crippen molar-refractivity contribution in [2.45, 2.75) is 25.3 Å². The molecule has 1 fully saturated rings. The van der Waals surface area contributed by atoms with Crippen molar-refractivity contribution in [1.29, 1.82) is 0 Å². The molecule has 2 rings (SSSR count). The minimum absolute atomic E-state index is 0.0758. The Hall–Kier alpha value is -2.24. The average molecular weight is 265 g/mol. The fraction of sp³-hybridized carbons (Fsp3) is 0.385. The number of rotatable bonds is 2. The SMILES string of the molecule is O=C(O)[C@H]1CCCCN1C(=O)c1cc(O)ccc1O. The molecule has 1 atom stereocenters. The first-order valence-corrected chi connectivity index (χ1v) is 6.06. The molecule has 1 aromatic rings. The number of carboxylic acid groups (broad SMARTS) is 1. The van der Waals surface area contributed by atoms with Gasteiger partial charge in [-0.3, -0.25) is 4.79 Å². The molecule has 1 aliphatic heterocycles. The van der Waals surface area contributed by atoms with Crippen molar-refractivity contribution in [3.63, 3.8) is 0 Å². The molecule has 1 heterocycles. The smallest absolute Gasteiger partial charge is 0.326 e. The normalized spacial score (nSPS) is 19.2. The highest BCUT2D eigenvalue weighted by molar-refractivity contribution is 5.99. The topological polar surface area (TPSA) is 98.1 Å². The number of likely N-dealkylation sites (tertiary alicyclic amines) is 1. The van der Waals surface area contributed by atoms with Gasteiger partial charge >= 0.3 is 5.97 Å². The summed E-state index contributed by atoms with van der Waals surface area (Å²) in [6, 6.07) is 2.74. The Balaban J connectivity index is 2.31. The molecule has 1 saturated heterocycles. The average Bonchev–Trinajstić information content (AvgIpc) is 2.40. The van der Waals surface area contributed by atoms with Crippen molar-refractivity contribution < 1.29 is 24.9 Å². The second-order valence-corrected chi connectivity index (χ2v) is 4.55. The lowest BCUT2D eigenvalue weighted by Crippen LogP contribution is -2.48. The van der Waals surface area contributed by atoms with Crippen LogP contribution in [0.25, 0.3) is 0 Å². The first-order valence-electron chi connectivity index (χ1n) is 6.06. The van der Waals surface area contributed by atoms with Crippen LogP contribution in [0.2, 0.25) is 0 Å². The molecule has 19 heavy (non-hydrogen) atoms. The van der Waals surface area contributed by atoms with E-state index in [0.717, 1.165) is 18.9 Å². The standard InChI is InChI=1S/C13H15NO5/c15-8-4-5-11(16)9(7-8)12(17)14-6-2-1-3-10(14)13(18)19/h4-5,7,10,15-16H,1-3,6H2,(H,18,19)/t10-/m1/s1. The Morgan fingerprint density at radius 3 is 2.63 bits per heavy atom. The molecule has 1 aromatic carbocycles. The summed E-state index contributed by atoms with van der Waals surface area (Å²) in [5.41, 5.74) is -0.0758. The maximum absolute atomic E-state index is 12.3. The van der Waals surface area contributed by atoms with Gasteiger partial charge in [-0.1, -0.05) is 0 Å². The number of carbonyl (C=O) groups is 2. The molecule has 102 valence electrons. The number of amides is 1. The van der Waals surface area contributed by atoms with Crippen molar-refractivity contribution in [3.05, 3.63) is 23.8 Å². The number of aromatic hydroxyl groups is 2. The van der Waals surface area contributed by atoms with E-state index in [4.69, 9.17) is 5.11 Å². The second kappa shape index (κ2) is 5.17. The number of nitrogens with zero attached hydrogens (tertiary/aromatic N) is 1. The molecule has 0 radical (unpaired) electrons. The highest BCUT2D eigenvalue weighted by Gasteiger charge is 2.33. The van der Waals surface area contributed by atoms with Crippen LogP contribution in [0.5, 0.6) is 11.5 Å². The Bertz CT molecular complexity index is 514. The summed E-state index contributed by atoms with van der Waals surface area (Å²) >= 11 is 0. The molecule has 1 amide bonds. The number of carbonyl (C=O) groups excluding carboxylic acids is 1. The number of hydrogen-bond donors (Lipinski definition) is 3. The van der Waals surface area contributed by atoms with E-state index < -0.39 is 17.9 Å². The predicted molar refractivity (Wildman–Crippen MR) is 66.1 cm³/mol. The summed E-state index contributed by atoms with van der Waals surface area (Å²) in [6.07, 6.45) is 1.89. The molecule has 0 saturated carbocycles. The van der Waals surface area contributed by atoms with E-state index in [1.807, 2.05) is 0 Å². The number of hydrogen-bond acceptors (Lipinski definition) is 4. The van der Waals surface area contributed by atoms with Gasteiger partial charge in [0, 0.05) is 6.54 Å². The summed E-state index contributed by atoms with van der Waals surface area (Å²) < 4.78 is 0. The van der Waals surface area contributed by atoms with E-state index in [0.29, 0.717) is 13.0 Å². The number of carboxylic acids is 1. The van der Waals surface area contributed by atoms with Gasteiger partial charge in [0.1, 0.15) is 17.5 Å². The van der Waals surface area contributed by atoms with Gasteiger partial charge < -0.3 is 20.2 Å². The van der Waals surface area contributed by atoms with E-state index in [-0.39, 0.29) is 17.1 Å². The zero-order valence-electron chi connectivity index (χ0n) is 10.2. The van der Waals surface area contributed by atoms with E-state index in [2.05, 4.69) is 0 Å². The Kier molecular flexibility index (Phi) is 3.59. The molecular formula is C13H15NO5. The number of phenolic OH excluding ortho intramolecular Hbond substituents is 2. The third kappa shape index (κ3) is 2.62. The lowest BCUT2D eigenvalue weighted by atomic mass is 10.0. The molecule has 0 bridgehead atoms. The maximum Gasteiger partial charge on any atom is 0.326 e. The number of piperidine rings is 1. The molecule has 0 spiro atoms. The van der Waals surface area contributed by atoms with Crippen molar-refractivity contribution in [3.8, 4) is 11.5 Å². The first kappa shape index (κ1) is 13.2. The lowest BCUT2D eigenvalue weighted by molar-refractivity contribution is -0.143. The third-order valence-corrected chi connectivity index (χ3v) is 3.26. The van der Waals surface area contributed by atoms with Crippen molar-refractivity contribution in [1.82, 2.24) is 4.90 Å². The van der Waals surface area contributed by atoms with Crippen LogP contribution in [-0.2, 0) is 4.79 Å². The van der Waals surface area contributed by atoms with Gasteiger partial charge in [0.25, 0.3) is 5.91 Å². The third-order valence-electron chi connectivity index (χ3n) is 3.26. The number of benzene rings is 1. The summed E-state index contributed by atoms with van der Waals surface area (Å²) in [5.74, 6) is -2.03. The van der Waals surface area contributed by atoms with Gasteiger partial charge in [-0.15, -0.1) is 0 Å². The summed E-state index contributed by atoms with van der Waals surface area (Å²) in [5, 5.41) is 28.1. The van der Waals surface area contributed by atoms with Crippen LogP contribution in [0.15, 0.2) is 18.2 Å². The number of phenols is 2. The fourth-order valence-corrected chi connectivity index (χ4v) is 2.28. The molecule has 6 nitrogen and oxygen atoms in total. The summed E-state index contributed by atoms with van der Waals surface area (Å²) in [7, 11) is 0. The van der Waals surface area contributed by atoms with Crippen LogP contribution < -0.4 is 0 Å². The highest BCUT2D eigenvalue weighted by Crippen LogP contribution is 2.26. The molecule has 0 unspecified atom stereocenters. The lowest BCUT2D eigenvalue weighted by Gasteiger charge is -2.33. The Morgan fingerprint density at radius 1 is 1.21 bits per heavy atom.